The van der Waals surface area contributed by atoms with E-state index < -0.39 is 5.97 Å². The van der Waals surface area contributed by atoms with Crippen LogP contribution in [0.5, 0.6) is 5.75 Å². The topological polar surface area (TPSA) is 97.5 Å². The van der Waals surface area contributed by atoms with Gasteiger partial charge < -0.3 is 14.7 Å². The van der Waals surface area contributed by atoms with Gasteiger partial charge >= 0.3 is 5.97 Å². The molecular formula is C32H34N4O4. The van der Waals surface area contributed by atoms with Crippen LogP contribution in [0.1, 0.15) is 76.2 Å². The summed E-state index contributed by atoms with van der Waals surface area (Å²) in [5, 5.41) is 18.6. The summed E-state index contributed by atoms with van der Waals surface area (Å²) in [6, 6.07) is 17.9. The van der Waals surface area contributed by atoms with Crippen LogP contribution in [-0.4, -0.2) is 50.0 Å². The Labute approximate surface area is 233 Å². The molecule has 9 rings (SSSR count). The molecule has 0 saturated heterocycles. The van der Waals surface area contributed by atoms with E-state index in [9.17, 15) is 14.7 Å². The summed E-state index contributed by atoms with van der Waals surface area (Å²) < 4.78 is 7.92. The number of aryl methyl sites for hydroxylation is 2. The van der Waals surface area contributed by atoms with Crippen LogP contribution >= 0.6 is 0 Å². The predicted molar refractivity (Wildman–Crippen MR) is 152 cm³/mol. The Kier molecular flexibility index (Phi) is 7.24. The van der Waals surface area contributed by atoms with E-state index in [0.29, 0.717) is 25.3 Å². The number of rotatable bonds is 2. The smallest absolute Gasteiger partial charge is 0.304 e. The first-order chi connectivity index (χ1) is 19.5. The molecule has 0 radical (unpaired) electrons. The summed E-state index contributed by atoms with van der Waals surface area (Å²) in [7, 11) is 0. The number of amides is 1. The Bertz CT molecular complexity index is 1580. The van der Waals surface area contributed by atoms with E-state index in [2.05, 4.69) is 22.4 Å². The van der Waals surface area contributed by atoms with Crippen molar-refractivity contribution in [1.82, 2.24) is 19.9 Å². The molecule has 4 aromatic rings. The summed E-state index contributed by atoms with van der Waals surface area (Å²) in [4.78, 5) is 27.4. The van der Waals surface area contributed by atoms with Crippen LogP contribution in [-0.2, 0) is 24.3 Å². The Morgan fingerprint density at radius 1 is 0.975 bits per heavy atom. The van der Waals surface area contributed by atoms with Crippen molar-refractivity contribution in [3.05, 3.63) is 88.0 Å². The second-order valence-electron chi connectivity index (χ2n) is 11.0. The van der Waals surface area contributed by atoms with Crippen LogP contribution in [0.4, 0.5) is 0 Å². The molecule has 40 heavy (non-hydrogen) atoms. The summed E-state index contributed by atoms with van der Waals surface area (Å²) >= 11 is 0. The minimum absolute atomic E-state index is 0.00844. The van der Waals surface area contributed by atoms with E-state index >= 15 is 0 Å². The molecule has 6 heterocycles. The maximum absolute atomic E-state index is 13.6. The van der Waals surface area contributed by atoms with Crippen molar-refractivity contribution >= 4 is 22.9 Å². The lowest BCUT2D eigenvalue weighted by Crippen LogP contribution is -2.36. The lowest BCUT2D eigenvalue weighted by molar-refractivity contribution is -0.137. The van der Waals surface area contributed by atoms with Gasteiger partial charge in [-0.25, -0.2) is 4.68 Å². The molecule has 0 aliphatic carbocycles. The van der Waals surface area contributed by atoms with Gasteiger partial charge in [0.1, 0.15) is 11.3 Å². The number of ether oxygens (including phenoxy) is 1. The molecular weight excluding hydrogens is 504 g/mol. The molecule has 206 valence electrons. The minimum Gasteiger partial charge on any atom is -0.494 e. The highest BCUT2D eigenvalue weighted by Gasteiger charge is 2.26. The van der Waals surface area contributed by atoms with Crippen molar-refractivity contribution < 1.29 is 19.4 Å². The molecule has 1 N–H and O–H groups in total. The Morgan fingerprint density at radius 2 is 1.80 bits per heavy atom. The fourth-order valence-electron chi connectivity index (χ4n) is 5.98. The van der Waals surface area contributed by atoms with Gasteiger partial charge in [-0.2, -0.15) is 0 Å². The first kappa shape index (κ1) is 26.0. The Hall–Kier alpha value is -4.20. The first-order valence-electron chi connectivity index (χ1n) is 14.2. The average Bonchev–Trinajstić information content (AvgIpc) is 3.36. The van der Waals surface area contributed by atoms with Crippen molar-refractivity contribution in [1.29, 1.82) is 0 Å². The number of benzene rings is 3. The minimum atomic E-state index is -0.858. The number of carbonyl (C=O) groups excluding carboxylic acids is 1. The van der Waals surface area contributed by atoms with Crippen LogP contribution < -0.4 is 4.74 Å². The third-order valence-electron chi connectivity index (χ3n) is 8.21. The molecule has 1 aromatic heterocycles. The molecule has 0 saturated carbocycles. The second kappa shape index (κ2) is 11.1. The second-order valence-corrected chi connectivity index (χ2v) is 11.0. The van der Waals surface area contributed by atoms with Gasteiger partial charge in [0.25, 0.3) is 5.91 Å². The van der Waals surface area contributed by atoms with Gasteiger partial charge in [0.2, 0.25) is 0 Å². The van der Waals surface area contributed by atoms with Gasteiger partial charge in [0.15, 0.2) is 0 Å². The molecule has 5 aliphatic heterocycles. The molecule has 1 atom stereocenters. The van der Waals surface area contributed by atoms with E-state index in [0.717, 1.165) is 77.7 Å². The number of carboxylic acids is 1. The first-order valence-corrected chi connectivity index (χ1v) is 14.2. The van der Waals surface area contributed by atoms with E-state index in [1.165, 1.54) is 5.56 Å². The molecule has 8 heteroatoms. The Morgan fingerprint density at radius 3 is 2.65 bits per heavy atom. The zero-order valence-corrected chi connectivity index (χ0v) is 22.8. The quantitative estimate of drug-likeness (QED) is 0.362. The van der Waals surface area contributed by atoms with Crippen molar-refractivity contribution in [2.24, 2.45) is 0 Å². The van der Waals surface area contributed by atoms with E-state index in [-0.39, 0.29) is 18.2 Å². The average molecular weight is 539 g/mol. The van der Waals surface area contributed by atoms with E-state index in [1.807, 2.05) is 59.0 Å². The molecule has 0 spiro atoms. The van der Waals surface area contributed by atoms with Crippen LogP contribution in [0.15, 0.2) is 54.6 Å². The normalized spacial score (nSPS) is 18.0. The maximum Gasteiger partial charge on any atom is 0.304 e. The van der Waals surface area contributed by atoms with Crippen LogP contribution in [0.2, 0.25) is 0 Å². The standard InChI is InChI=1S/C32H34N4O4/c1-21-16-26-9-10-27(21)32(39)35-14-12-22-6-7-23(17-25(22)20-35)28(19-31(37)38)24-8-11-30-29(18-24)33-34-36(30)13-4-2-3-5-15-40-26/h6-11,16-18,28H,2-5,12-15,19-20H2,1H3,(H,37,38)/t28-/m0/s1. The number of aromatic nitrogens is 3. The highest BCUT2D eigenvalue weighted by atomic mass is 16.5. The number of carbonyl (C=O) groups is 2. The number of nitrogens with zero attached hydrogens (tertiary/aromatic N) is 4. The molecule has 8 nitrogen and oxygen atoms in total. The third kappa shape index (κ3) is 5.30. The zero-order valence-electron chi connectivity index (χ0n) is 22.8. The highest BCUT2D eigenvalue weighted by Crippen LogP contribution is 2.33. The number of aliphatic carboxylic acids is 1. The molecule has 3 aromatic carbocycles. The number of carboxylic acid groups (broad SMARTS) is 1. The molecule has 0 fully saturated rings. The van der Waals surface area contributed by atoms with E-state index in [1.54, 1.807) is 0 Å². The lowest BCUT2D eigenvalue weighted by atomic mass is 9.85. The van der Waals surface area contributed by atoms with E-state index in [4.69, 9.17) is 4.74 Å². The molecule has 1 amide bonds. The van der Waals surface area contributed by atoms with Gasteiger partial charge in [-0.15, -0.1) is 5.10 Å². The Balaban J connectivity index is 1.37. The summed E-state index contributed by atoms with van der Waals surface area (Å²) in [5.41, 5.74) is 7.42. The van der Waals surface area contributed by atoms with Gasteiger partial charge in [0.05, 0.1) is 18.5 Å². The fraction of sp³-hybridized carbons (Fsp3) is 0.375. The lowest BCUT2D eigenvalue weighted by Gasteiger charge is -2.30. The number of hydrogen-bond acceptors (Lipinski definition) is 5. The SMILES string of the molecule is Cc1cc2ccc1C(=O)N1CCc3ccc(cc3C1)[C@H](CC(=O)O)c1ccc3c(c1)nnn3CCCCCCO2. The van der Waals surface area contributed by atoms with Crippen LogP contribution in [0.3, 0.4) is 0 Å². The predicted octanol–water partition coefficient (Wildman–Crippen LogP) is 5.50. The molecule has 5 aliphatic rings. The highest BCUT2D eigenvalue weighted by molar-refractivity contribution is 5.96. The van der Waals surface area contributed by atoms with Gasteiger partial charge in [-0.3, -0.25) is 9.59 Å². The summed E-state index contributed by atoms with van der Waals surface area (Å²) in [5.74, 6) is -0.392. The maximum atomic E-state index is 13.6. The monoisotopic (exact) mass is 538 g/mol. The van der Waals surface area contributed by atoms with Gasteiger partial charge in [-0.1, -0.05) is 35.9 Å². The van der Waals surface area contributed by atoms with Crippen molar-refractivity contribution in [2.45, 2.75) is 64.5 Å². The van der Waals surface area contributed by atoms with Crippen LogP contribution in [0.25, 0.3) is 11.0 Å². The largest absolute Gasteiger partial charge is 0.494 e. The summed E-state index contributed by atoms with van der Waals surface area (Å²) in [6.45, 7) is 4.52. The van der Waals surface area contributed by atoms with Crippen LogP contribution in [0, 0.1) is 6.92 Å². The number of hydrogen-bond donors (Lipinski definition) is 1. The van der Waals surface area contributed by atoms with Crippen molar-refractivity contribution in [2.75, 3.05) is 13.2 Å². The van der Waals surface area contributed by atoms with Crippen molar-refractivity contribution in [3.63, 3.8) is 0 Å². The zero-order chi connectivity index (χ0) is 27.6. The summed E-state index contributed by atoms with van der Waals surface area (Å²) in [6.07, 6.45) is 4.79. The van der Waals surface area contributed by atoms with Gasteiger partial charge in [-0.05, 0) is 90.8 Å². The van der Waals surface area contributed by atoms with Gasteiger partial charge in [0, 0.05) is 31.1 Å². The third-order valence-corrected chi connectivity index (χ3v) is 8.21. The fourth-order valence-corrected chi connectivity index (χ4v) is 5.98. The van der Waals surface area contributed by atoms with Crippen molar-refractivity contribution in [3.8, 4) is 5.75 Å². The molecule has 9 bridgehead atoms. The molecule has 0 unspecified atom stereocenters.